The summed E-state index contributed by atoms with van der Waals surface area (Å²) in [4.78, 5) is 22.1. The number of hydrogen-bond donors (Lipinski definition) is 1. The summed E-state index contributed by atoms with van der Waals surface area (Å²) in [7, 11) is 0. The van der Waals surface area contributed by atoms with Gasteiger partial charge < -0.3 is 9.88 Å². The molecule has 0 atom stereocenters. The largest absolute Gasteiger partial charge is 0.326 e. The van der Waals surface area contributed by atoms with E-state index in [0.29, 0.717) is 11.4 Å². The highest BCUT2D eigenvalue weighted by atomic mass is 19.1. The van der Waals surface area contributed by atoms with E-state index in [1.807, 2.05) is 6.07 Å². The van der Waals surface area contributed by atoms with Crippen LogP contribution in [0.4, 0.5) is 8.78 Å². The quantitative estimate of drug-likeness (QED) is 0.407. The molecule has 0 spiro atoms. The maximum absolute atomic E-state index is 14.1. The number of rotatable bonds is 7. The van der Waals surface area contributed by atoms with Crippen molar-refractivity contribution in [3.8, 4) is 22.6 Å². The van der Waals surface area contributed by atoms with Crippen molar-refractivity contribution in [2.24, 2.45) is 0 Å². The van der Waals surface area contributed by atoms with E-state index in [-0.39, 0.29) is 23.3 Å². The molecule has 1 amide bonds. The predicted molar refractivity (Wildman–Crippen MR) is 129 cm³/mol. The molecule has 1 saturated carbocycles. The average molecular weight is 461 g/mol. The van der Waals surface area contributed by atoms with Gasteiger partial charge in [-0.2, -0.15) is 0 Å². The number of imidazole rings is 1. The molecule has 0 aliphatic heterocycles. The molecule has 34 heavy (non-hydrogen) atoms. The van der Waals surface area contributed by atoms with Crippen LogP contribution in [-0.4, -0.2) is 20.4 Å². The first-order chi connectivity index (χ1) is 16.5. The van der Waals surface area contributed by atoms with E-state index in [1.54, 1.807) is 43.6 Å². The number of amides is 1. The summed E-state index contributed by atoms with van der Waals surface area (Å²) in [5.74, 6) is -1.50. The molecule has 2 heterocycles. The zero-order valence-corrected chi connectivity index (χ0v) is 19.0. The van der Waals surface area contributed by atoms with E-state index >= 15 is 0 Å². The van der Waals surface area contributed by atoms with Gasteiger partial charge in [-0.05, 0) is 68.3 Å². The Kier molecular flexibility index (Phi) is 7.11. The van der Waals surface area contributed by atoms with Gasteiger partial charge in [0.15, 0.2) is 0 Å². The highest BCUT2D eigenvalue weighted by Crippen LogP contribution is 2.37. The Balaban J connectivity index is 1.76. The van der Waals surface area contributed by atoms with Crippen LogP contribution in [0.1, 0.15) is 49.1 Å². The number of allylic oxidation sites excluding steroid dienone is 4. The van der Waals surface area contributed by atoms with Crippen LogP contribution in [0.15, 0.2) is 85.1 Å². The molecule has 1 N–H and O–H groups in total. The summed E-state index contributed by atoms with van der Waals surface area (Å²) in [5, 5.41) is 2.56. The molecule has 174 valence electrons. The van der Waals surface area contributed by atoms with Crippen molar-refractivity contribution in [3.63, 3.8) is 0 Å². The van der Waals surface area contributed by atoms with Crippen molar-refractivity contribution < 1.29 is 13.6 Å². The molecular weight excluding hydrogens is 434 g/mol. The second kappa shape index (κ2) is 10.4. The fourth-order valence-electron chi connectivity index (χ4n) is 4.23. The lowest BCUT2D eigenvalue weighted by molar-refractivity contribution is 0.0961. The molecule has 1 fully saturated rings. The van der Waals surface area contributed by atoms with Gasteiger partial charge in [-0.3, -0.25) is 4.79 Å². The third-order valence-electron chi connectivity index (χ3n) is 5.87. The van der Waals surface area contributed by atoms with Gasteiger partial charge in [0.1, 0.15) is 17.3 Å². The Morgan fingerprint density at radius 1 is 1.18 bits per heavy atom. The van der Waals surface area contributed by atoms with Gasteiger partial charge in [-0.15, -0.1) is 0 Å². The van der Waals surface area contributed by atoms with Gasteiger partial charge in [0, 0.05) is 11.6 Å². The Hall–Kier alpha value is -3.87. The van der Waals surface area contributed by atoms with E-state index in [9.17, 15) is 13.6 Å². The third kappa shape index (κ3) is 4.88. The number of pyridine rings is 1. The van der Waals surface area contributed by atoms with E-state index in [2.05, 4.69) is 26.4 Å². The van der Waals surface area contributed by atoms with Crippen molar-refractivity contribution in [1.82, 2.24) is 19.9 Å². The molecular formula is C27H26F2N4O. The summed E-state index contributed by atoms with van der Waals surface area (Å²) in [6, 6.07) is 11.6. The van der Waals surface area contributed by atoms with Gasteiger partial charge in [0.25, 0.3) is 5.91 Å². The minimum atomic E-state index is -0.638. The van der Waals surface area contributed by atoms with Crippen LogP contribution in [0, 0.1) is 5.82 Å². The van der Waals surface area contributed by atoms with Crippen LogP contribution < -0.4 is 5.32 Å². The van der Waals surface area contributed by atoms with Crippen LogP contribution in [0.3, 0.4) is 0 Å². The number of aromatic nitrogens is 3. The molecule has 0 bridgehead atoms. The normalized spacial score (nSPS) is 14.9. The SMILES string of the molecule is C=C/C(F)=C(\C=C/C)NC(=O)c1cccc(-c2c(-c3ccc(F)cc3)ncn2C2CCCC2)n1. The average Bonchev–Trinajstić information content (AvgIpc) is 3.54. The lowest BCUT2D eigenvalue weighted by atomic mass is 10.1. The maximum atomic E-state index is 14.1. The molecule has 4 rings (SSSR count). The Morgan fingerprint density at radius 2 is 1.91 bits per heavy atom. The zero-order chi connectivity index (χ0) is 24.1. The number of benzene rings is 1. The molecule has 5 nitrogen and oxygen atoms in total. The highest BCUT2D eigenvalue weighted by Gasteiger charge is 2.24. The smallest absolute Gasteiger partial charge is 0.274 e. The van der Waals surface area contributed by atoms with Crippen LogP contribution in [0.25, 0.3) is 22.6 Å². The zero-order valence-electron chi connectivity index (χ0n) is 19.0. The van der Waals surface area contributed by atoms with Crippen molar-refractivity contribution in [3.05, 3.63) is 96.6 Å². The van der Waals surface area contributed by atoms with Crippen LogP contribution >= 0.6 is 0 Å². The number of nitrogens with zero attached hydrogens (tertiary/aromatic N) is 3. The molecule has 0 saturated heterocycles. The molecule has 1 aliphatic carbocycles. The van der Waals surface area contributed by atoms with Gasteiger partial charge in [0.05, 0.1) is 29.1 Å². The van der Waals surface area contributed by atoms with Crippen LogP contribution in [0.5, 0.6) is 0 Å². The van der Waals surface area contributed by atoms with E-state index in [1.165, 1.54) is 18.2 Å². The van der Waals surface area contributed by atoms with Crippen molar-refractivity contribution >= 4 is 5.91 Å². The Morgan fingerprint density at radius 3 is 2.59 bits per heavy atom. The molecule has 1 aliphatic rings. The number of hydrogen-bond acceptors (Lipinski definition) is 3. The van der Waals surface area contributed by atoms with Crippen LogP contribution in [0.2, 0.25) is 0 Å². The summed E-state index contributed by atoms with van der Waals surface area (Å²) in [6.07, 6.45) is 10.3. The highest BCUT2D eigenvalue weighted by molar-refractivity contribution is 5.94. The number of carbonyl (C=O) groups is 1. The summed E-state index contributed by atoms with van der Waals surface area (Å²) in [5.41, 5.74) is 2.92. The summed E-state index contributed by atoms with van der Waals surface area (Å²) >= 11 is 0. The van der Waals surface area contributed by atoms with Gasteiger partial charge in [-0.25, -0.2) is 18.7 Å². The second-order valence-electron chi connectivity index (χ2n) is 8.12. The van der Waals surface area contributed by atoms with Gasteiger partial charge in [-0.1, -0.05) is 31.6 Å². The van der Waals surface area contributed by atoms with Gasteiger partial charge >= 0.3 is 0 Å². The number of carbonyl (C=O) groups excluding carboxylic acids is 1. The molecule has 0 radical (unpaired) electrons. The minimum absolute atomic E-state index is 0.0118. The van der Waals surface area contributed by atoms with Crippen LogP contribution in [-0.2, 0) is 0 Å². The first-order valence-corrected chi connectivity index (χ1v) is 11.3. The number of halogens is 2. The topological polar surface area (TPSA) is 59.8 Å². The van der Waals surface area contributed by atoms with Gasteiger partial charge in [0.2, 0.25) is 0 Å². The molecule has 0 unspecified atom stereocenters. The monoisotopic (exact) mass is 460 g/mol. The summed E-state index contributed by atoms with van der Waals surface area (Å²) in [6.45, 7) is 5.14. The van der Waals surface area contributed by atoms with Crippen molar-refractivity contribution in [1.29, 1.82) is 0 Å². The lowest BCUT2D eigenvalue weighted by Crippen LogP contribution is -2.24. The molecule has 2 aromatic heterocycles. The fraction of sp³-hybridized carbons (Fsp3) is 0.222. The predicted octanol–water partition coefficient (Wildman–Crippen LogP) is 6.54. The first kappa shape index (κ1) is 23.3. The molecule has 7 heteroatoms. The Bertz CT molecular complexity index is 1250. The summed E-state index contributed by atoms with van der Waals surface area (Å²) < 4.78 is 29.7. The van der Waals surface area contributed by atoms with E-state index in [0.717, 1.165) is 43.0 Å². The fourth-order valence-corrected chi connectivity index (χ4v) is 4.23. The second-order valence-corrected chi connectivity index (χ2v) is 8.12. The maximum Gasteiger partial charge on any atom is 0.274 e. The Labute approximate surface area is 197 Å². The van der Waals surface area contributed by atoms with E-state index < -0.39 is 11.7 Å². The standard InChI is InChI=1S/C27H26F2N4O/c1-3-8-22(21(29)4-2)32-27(34)24-12-7-11-23(31-24)26-25(18-13-15-19(28)16-14-18)30-17-33(26)20-9-5-6-10-20/h3-4,7-8,11-17,20H,2,5-6,9-10H2,1H3,(H,32,34)/b8-3-,22-21-. The molecule has 3 aromatic rings. The third-order valence-corrected chi connectivity index (χ3v) is 5.87. The minimum Gasteiger partial charge on any atom is -0.326 e. The van der Waals surface area contributed by atoms with Crippen molar-refractivity contribution in [2.45, 2.75) is 38.6 Å². The molecule has 1 aromatic carbocycles. The van der Waals surface area contributed by atoms with E-state index in [4.69, 9.17) is 0 Å². The lowest BCUT2D eigenvalue weighted by Gasteiger charge is -2.16. The number of nitrogens with one attached hydrogen (secondary N) is 1. The van der Waals surface area contributed by atoms with Crippen molar-refractivity contribution in [2.75, 3.05) is 0 Å². The first-order valence-electron chi connectivity index (χ1n) is 11.3.